The molecule has 0 radical (unpaired) electrons. The van der Waals surface area contributed by atoms with Gasteiger partial charge in [0.25, 0.3) is 0 Å². The summed E-state index contributed by atoms with van der Waals surface area (Å²) in [5.41, 5.74) is 1.22. The quantitative estimate of drug-likeness (QED) is 0.625. The van der Waals surface area contributed by atoms with Gasteiger partial charge in [0.05, 0.1) is 0 Å². The monoisotopic (exact) mass is 362 g/mol. The summed E-state index contributed by atoms with van der Waals surface area (Å²) in [4.78, 5) is 17.0. The number of carbonyl (C=O) groups is 1. The molecule has 0 aliphatic carbocycles. The van der Waals surface area contributed by atoms with E-state index in [-0.39, 0.29) is 5.91 Å². The molecule has 0 saturated heterocycles. The number of allylic oxidation sites excluding steroid dienone is 3. The van der Waals surface area contributed by atoms with Crippen LogP contribution >= 0.6 is 27.3 Å². The van der Waals surface area contributed by atoms with E-state index in [1.54, 1.807) is 18.3 Å². The molecule has 1 aromatic carbocycles. The Hall–Kier alpha value is -1.72. The predicted octanol–water partition coefficient (Wildman–Crippen LogP) is 4.57. The standard InChI is InChI=1S/C16H15BrN2OS/c1-2-3-4-5-15(20)19-16-18-11-14(21-16)10-12-6-8-13(17)9-7-12/h2-9,11H,10H2,1H3,(H,18,19,20). The number of thiazole rings is 1. The summed E-state index contributed by atoms with van der Waals surface area (Å²) in [5, 5.41) is 3.38. The van der Waals surface area contributed by atoms with Crippen LogP contribution in [0.15, 0.2) is 59.2 Å². The van der Waals surface area contributed by atoms with Gasteiger partial charge >= 0.3 is 0 Å². The van der Waals surface area contributed by atoms with E-state index >= 15 is 0 Å². The van der Waals surface area contributed by atoms with Crippen LogP contribution in [0, 0.1) is 0 Å². The van der Waals surface area contributed by atoms with Gasteiger partial charge < -0.3 is 0 Å². The fourth-order valence-corrected chi connectivity index (χ4v) is 2.77. The predicted molar refractivity (Wildman–Crippen MR) is 91.6 cm³/mol. The average molecular weight is 363 g/mol. The van der Waals surface area contributed by atoms with E-state index in [1.807, 2.05) is 25.1 Å². The number of hydrogen-bond acceptors (Lipinski definition) is 3. The van der Waals surface area contributed by atoms with Crippen molar-refractivity contribution in [3.63, 3.8) is 0 Å². The number of anilines is 1. The van der Waals surface area contributed by atoms with Crippen molar-refractivity contribution in [2.24, 2.45) is 0 Å². The summed E-state index contributed by atoms with van der Waals surface area (Å²) in [5.74, 6) is -0.169. The van der Waals surface area contributed by atoms with Crippen molar-refractivity contribution in [2.75, 3.05) is 5.32 Å². The first-order valence-corrected chi connectivity index (χ1v) is 8.08. The topological polar surface area (TPSA) is 42.0 Å². The lowest BCUT2D eigenvalue weighted by Crippen LogP contribution is -2.06. The van der Waals surface area contributed by atoms with Crippen molar-refractivity contribution in [3.05, 3.63) is 69.7 Å². The number of hydrogen-bond donors (Lipinski definition) is 1. The van der Waals surface area contributed by atoms with Crippen LogP contribution in [0.4, 0.5) is 5.13 Å². The second kappa shape index (κ2) is 7.90. The van der Waals surface area contributed by atoms with E-state index in [9.17, 15) is 4.79 Å². The molecule has 0 spiro atoms. The van der Waals surface area contributed by atoms with Crippen LogP contribution < -0.4 is 5.32 Å². The Balaban J connectivity index is 1.95. The molecule has 0 bridgehead atoms. The van der Waals surface area contributed by atoms with Crippen molar-refractivity contribution in [2.45, 2.75) is 13.3 Å². The number of aromatic nitrogens is 1. The van der Waals surface area contributed by atoms with Gasteiger partial charge in [-0.3, -0.25) is 10.1 Å². The summed E-state index contributed by atoms with van der Waals surface area (Å²) in [6, 6.07) is 8.18. The molecule has 1 N–H and O–H groups in total. The highest BCUT2D eigenvalue weighted by Gasteiger charge is 2.05. The van der Waals surface area contributed by atoms with Crippen LogP contribution in [-0.4, -0.2) is 10.9 Å². The molecule has 1 aromatic heterocycles. The van der Waals surface area contributed by atoms with Gasteiger partial charge in [-0.1, -0.05) is 46.3 Å². The van der Waals surface area contributed by atoms with E-state index in [0.717, 1.165) is 15.8 Å². The molecule has 0 fully saturated rings. The summed E-state index contributed by atoms with van der Waals surface area (Å²) < 4.78 is 1.07. The Bertz CT molecular complexity index is 659. The third-order valence-corrected chi connectivity index (χ3v) is 4.07. The molecule has 1 amide bonds. The van der Waals surface area contributed by atoms with Crippen molar-refractivity contribution in [1.29, 1.82) is 0 Å². The first-order valence-electron chi connectivity index (χ1n) is 6.47. The SMILES string of the molecule is CC=CC=CC(=O)Nc1ncc(Cc2ccc(Br)cc2)s1. The van der Waals surface area contributed by atoms with Crippen LogP contribution in [0.1, 0.15) is 17.4 Å². The number of nitrogens with zero attached hydrogens (tertiary/aromatic N) is 1. The number of rotatable bonds is 5. The maximum Gasteiger partial charge on any atom is 0.250 e. The lowest BCUT2D eigenvalue weighted by Gasteiger charge is -1.98. The molecule has 21 heavy (non-hydrogen) atoms. The van der Waals surface area contributed by atoms with E-state index in [1.165, 1.54) is 23.0 Å². The largest absolute Gasteiger partial charge is 0.298 e. The summed E-state index contributed by atoms with van der Waals surface area (Å²) in [6.45, 7) is 1.90. The maximum atomic E-state index is 11.6. The molecule has 1 heterocycles. The van der Waals surface area contributed by atoms with Crippen LogP contribution in [0.5, 0.6) is 0 Å². The molecule has 5 heteroatoms. The molecule has 0 unspecified atom stereocenters. The molecular formula is C16H15BrN2OS. The van der Waals surface area contributed by atoms with Crippen LogP contribution in [0.3, 0.4) is 0 Å². The molecule has 0 aliphatic rings. The van der Waals surface area contributed by atoms with Crippen LogP contribution in [0.2, 0.25) is 0 Å². The highest BCUT2D eigenvalue weighted by atomic mass is 79.9. The Morgan fingerprint density at radius 3 is 2.81 bits per heavy atom. The number of benzene rings is 1. The van der Waals surface area contributed by atoms with Crippen molar-refractivity contribution < 1.29 is 4.79 Å². The maximum absolute atomic E-state index is 11.6. The molecule has 0 aliphatic heterocycles. The molecule has 2 aromatic rings. The van der Waals surface area contributed by atoms with Gasteiger partial charge in [0, 0.05) is 28.0 Å². The summed E-state index contributed by atoms with van der Waals surface area (Å²) >= 11 is 4.91. The third-order valence-electron chi connectivity index (χ3n) is 2.63. The zero-order chi connectivity index (χ0) is 15.1. The number of carbonyl (C=O) groups excluding carboxylic acids is 1. The average Bonchev–Trinajstić information content (AvgIpc) is 2.89. The fourth-order valence-electron chi connectivity index (χ4n) is 1.65. The van der Waals surface area contributed by atoms with Gasteiger partial charge in [-0.25, -0.2) is 4.98 Å². The Labute approximate surface area is 136 Å². The van der Waals surface area contributed by atoms with Crippen molar-refractivity contribution in [3.8, 4) is 0 Å². The molecule has 2 rings (SSSR count). The lowest BCUT2D eigenvalue weighted by atomic mass is 10.1. The van der Waals surface area contributed by atoms with Gasteiger partial charge in [-0.05, 0) is 24.6 Å². The Morgan fingerprint density at radius 2 is 2.10 bits per heavy atom. The van der Waals surface area contributed by atoms with Crippen LogP contribution in [0.25, 0.3) is 0 Å². The first kappa shape index (κ1) is 15.7. The highest BCUT2D eigenvalue weighted by Crippen LogP contribution is 2.22. The molecular weight excluding hydrogens is 348 g/mol. The van der Waals surface area contributed by atoms with Crippen molar-refractivity contribution in [1.82, 2.24) is 4.98 Å². The minimum Gasteiger partial charge on any atom is -0.298 e. The second-order valence-corrected chi connectivity index (χ2v) is 6.34. The minimum absolute atomic E-state index is 0.169. The lowest BCUT2D eigenvalue weighted by molar-refractivity contribution is -0.111. The van der Waals surface area contributed by atoms with E-state index in [2.05, 4.69) is 38.4 Å². The first-order chi connectivity index (χ1) is 10.2. The molecule has 108 valence electrons. The van der Waals surface area contributed by atoms with Crippen LogP contribution in [-0.2, 0) is 11.2 Å². The van der Waals surface area contributed by atoms with Crippen molar-refractivity contribution >= 4 is 38.3 Å². The Kier molecular flexibility index (Phi) is 5.90. The highest BCUT2D eigenvalue weighted by molar-refractivity contribution is 9.10. The number of halogens is 1. The number of nitrogens with one attached hydrogen (secondary N) is 1. The zero-order valence-electron chi connectivity index (χ0n) is 11.5. The van der Waals surface area contributed by atoms with Gasteiger partial charge in [-0.15, -0.1) is 11.3 Å². The Morgan fingerprint density at radius 1 is 1.33 bits per heavy atom. The van der Waals surface area contributed by atoms with Gasteiger partial charge in [0.15, 0.2) is 5.13 Å². The normalized spacial score (nSPS) is 11.3. The smallest absolute Gasteiger partial charge is 0.250 e. The third kappa shape index (κ3) is 5.28. The minimum atomic E-state index is -0.169. The molecule has 0 saturated carbocycles. The molecule has 0 atom stereocenters. The van der Waals surface area contributed by atoms with E-state index in [4.69, 9.17) is 0 Å². The molecule has 3 nitrogen and oxygen atoms in total. The number of amides is 1. The van der Waals surface area contributed by atoms with Gasteiger partial charge in [0.1, 0.15) is 0 Å². The van der Waals surface area contributed by atoms with Gasteiger partial charge in [0.2, 0.25) is 5.91 Å². The fraction of sp³-hybridized carbons (Fsp3) is 0.125. The van der Waals surface area contributed by atoms with E-state index < -0.39 is 0 Å². The zero-order valence-corrected chi connectivity index (χ0v) is 13.9. The summed E-state index contributed by atoms with van der Waals surface area (Å²) in [6.07, 6.45) is 9.47. The second-order valence-electron chi connectivity index (χ2n) is 4.31. The van der Waals surface area contributed by atoms with Gasteiger partial charge in [-0.2, -0.15) is 0 Å². The van der Waals surface area contributed by atoms with E-state index in [0.29, 0.717) is 5.13 Å². The summed E-state index contributed by atoms with van der Waals surface area (Å²) in [7, 11) is 0.